The predicted octanol–water partition coefficient (Wildman–Crippen LogP) is 8.15. The number of benzene rings is 2. The Kier molecular flexibility index (Phi) is 9.17. The van der Waals surface area contributed by atoms with E-state index in [2.05, 4.69) is 48.1 Å². The molecular weight excluding hydrogens is 746 g/mol. The second-order valence-corrected chi connectivity index (χ2v) is 16.6. The lowest BCUT2D eigenvalue weighted by molar-refractivity contribution is -0.115. The van der Waals surface area contributed by atoms with Gasteiger partial charge < -0.3 is 9.59 Å². The highest BCUT2D eigenvalue weighted by atomic mass is 35.5. The summed E-state index contributed by atoms with van der Waals surface area (Å²) >= 11 is 15.8. The van der Waals surface area contributed by atoms with Gasteiger partial charge in [0.15, 0.2) is 11.6 Å². The first-order valence-corrected chi connectivity index (χ1v) is 19.4. The van der Waals surface area contributed by atoms with Gasteiger partial charge in [0.25, 0.3) is 7.28 Å². The Morgan fingerprint density at radius 3 is 1.38 bits per heavy atom. The quantitative estimate of drug-likeness (QED) is 0.144. The Morgan fingerprint density at radius 2 is 1.00 bits per heavy atom. The first kappa shape index (κ1) is 35.5. The predicted molar refractivity (Wildman–Crippen MR) is 212 cm³/mol. The number of thiophene rings is 2. The number of halogens is 2. The number of hydrogen-bond donors (Lipinski definition) is 0. The molecule has 6 aromatic rings. The van der Waals surface area contributed by atoms with Crippen molar-refractivity contribution >= 4 is 75.9 Å². The first-order valence-electron chi connectivity index (χ1n) is 17.0. The molecule has 0 aliphatic carbocycles. The second kappa shape index (κ2) is 13.7. The van der Waals surface area contributed by atoms with Gasteiger partial charge in [-0.2, -0.15) is 0 Å². The summed E-state index contributed by atoms with van der Waals surface area (Å²) in [6.45, 7) is 12.1. The van der Waals surface area contributed by atoms with Crippen molar-refractivity contribution in [1.82, 2.24) is 29.5 Å². The summed E-state index contributed by atoms with van der Waals surface area (Å²) in [5, 5.41) is 20.9. The molecule has 2 aliphatic heterocycles. The van der Waals surface area contributed by atoms with Crippen LogP contribution in [0, 0.1) is 41.5 Å². The molecule has 15 heteroatoms. The molecular formula is C38H32BCl2N8O2S2. The molecule has 0 fully saturated rings. The summed E-state index contributed by atoms with van der Waals surface area (Å²) in [6, 6.07) is 13.6. The molecule has 0 saturated heterocycles. The summed E-state index contributed by atoms with van der Waals surface area (Å²) in [6.07, 6.45) is -0.161. The first-order chi connectivity index (χ1) is 25.4. The van der Waals surface area contributed by atoms with Crippen LogP contribution in [0.2, 0.25) is 10.0 Å². The van der Waals surface area contributed by atoms with Gasteiger partial charge in [0.1, 0.15) is 33.7 Å². The van der Waals surface area contributed by atoms with E-state index in [9.17, 15) is 9.59 Å². The van der Waals surface area contributed by atoms with E-state index >= 15 is 0 Å². The molecule has 2 atom stereocenters. The van der Waals surface area contributed by atoms with E-state index in [-0.39, 0.29) is 24.2 Å². The maximum absolute atomic E-state index is 13.9. The lowest BCUT2D eigenvalue weighted by atomic mass is 9.65. The number of hydrogen-bond acceptors (Lipinski definition) is 10. The molecule has 0 bridgehead atoms. The number of nitrogens with zero attached hydrogens (tertiary/aromatic N) is 8. The van der Waals surface area contributed by atoms with Gasteiger partial charge in [0.2, 0.25) is 0 Å². The second-order valence-electron chi connectivity index (χ2n) is 13.3. The van der Waals surface area contributed by atoms with E-state index in [1.807, 2.05) is 71.5 Å². The summed E-state index contributed by atoms with van der Waals surface area (Å²) < 4.78 is 3.98. The van der Waals surface area contributed by atoms with Crippen molar-refractivity contribution in [1.29, 1.82) is 0 Å². The molecule has 2 aliphatic rings. The highest BCUT2D eigenvalue weighted by molar-refractivity contribution is 7.15. The molecule has 53 heavy (non-hydrogen) atoms. The molecule has 0 saturated carbocycles. The SMILES string of the molecule is Cc1sc2c(c1C)C(c1ccc(Cl)cc1)=NC(CC(=O)[B]C(=O)CC1N=C(c3ccc(Cl)cc3)c3c(sc(C)c3C)-n3c(C)nnc31)c1nnc(C)n1-2. The molecule has 10 nitrogen and oxygen atoms in total. The highest BCUT2D eigenvalue weighted by Gasteiger charge is 2.35. The third kappa shape index (κ3) is 6.23. The molecule has 0 amide bonds. The average molecular weight is 779 g/mol. The van der Waals surface area contributed by atoms with Gasteiger partial charge >= 0.3 is 0 Å². The zero-order chi connectivity index (χ0) is 37.3. The monoisotopic (exact) mass is 777 g/mol. The molecule has 1 radical (unpaired) electrons. The van der Waals surface area contributed by atoms with Crippen molar-refractivity contribution in [3.8, 4) is 10.0 Å². The van der Waals surface area contributed by atoms with Crippen molar-refractivity contribution in [3.63, 3.8) is 0 Å². The Bertz CT molecular complexity index is 2350. The summed E-state index contributed by atoms with van der Waals surface area (Å²) in [7, 11) is 1.17. The van der Waals surface area contributed by atoms with Crippen molar-refractivity contribution in [2.24, 2.45) is 9.98 Å². The number of rotatable bonds is 8. The zero-order valence-electron chi connectivity index (χ0n) is 29.7. The molecule has 0 spiro atoms. The average Bonchev–Trinajstić information content (AvgIpc) is 3.81. The van der Waals surface area contributed by atoms with Gasteiger partial charge in [-0.3, -0.25) is 19.1 Å². The Balaban J connectivity index is 1.12. The lowest BCUT2D eigenvalue weighted by Crippen LogP contribution is -2.24. The van der Waals surface area contributed by atoms with Crippen LogP contribution in [-0.2, 0) is 9.59 Å². The molecule has 0 N–H and O–H groups in total. The molecule has 265 valence electrons. The van der Waals surface area contributed by atoms with E-state index in [1.54, 1.807) is 22.7 Å². The van der Waals surface area contributed by atoms with Crippen LogP contribution in [-0.4, -0.2) is 59.6 Å². The van der Waals surface area contributed by atoms with Gasteiger partial charge in [0, 0.05) is 54.9 Å². The van der Waals surface area contributed by atoms with E-state index in [1.165, 1.54) is 7.28 Å². The molecule has 2 aromatic carbocycles. The Morgan fingerprint density at radius 1 is 0.623 bits per heavy atom. The smallest absolute Gasteiger partial charge is 0.290 e. The minimum atomic E-state index is -0.696. The van der Waals surface area contributed by atoms with Gasteiger partial charge in [-0.15, -0.1) is 43.1 Å². The van der Waals surface area contributed by atoms with E-state index in [0.717, 1.165) is 64.6 Å². The maximum atomic E-state index is 13.9. The summed E-state index contributed by atoms with van der Waals surface area (Å²) in [5.74, 6) is 2.47. The number of aryl methyl sites for hydroxylation is 4. The number of carbonyl (C=O) groups excluding carboxylic acids is 2. The number of aliphatic imine (C=N–C) groups is 2. The maximum Gasteiger partial charge on any atom is 0.290 e. The van der Waals surface area contributed by atoms with Crippen molar-refractivity contribution in [2.75, 3.05) is 0 Å². The Labute approximate surface area is 324 Å². The third-order valence-corrected chi connectivity index (χ3v) is 12.7. The molecule has 2 unspecified atom stereocenters. The van der Waals surface area contributed by atoms with Crippen LogP contribution in [0.5, 0.6) is 0 Å². The van der Waals surface area contributed by atoms with Crippen LogP contribution in [0.4, 0.5) is 0 Å². The van der Waals surface area contributed by atoms with E-state index in [4.69, 9.17) is 33.2 Å². The van der Waals surface area contributed by atoms with Gasteiger partial charge in [0.05, 0.1) is 22.8 Å². The van der Waals surface area contributed by atoms with Gasteiger partial charge in [-0.1, -0.05) is 47.5 Å². The van der Waals surface area contributed by atoms with Crippen molar-refractivity contribution < 1.29 is 9.59 Å². The zero-order valence-corrected chi connectivity index (χ0v) is 32.9. The highest BCUT2D eigenvalue weighted by Crippen LogP contribution is 2.41. The molecule has 8 rings (SSSR count). The fourth-order valence-electron chi connectivity index (χ4n) is 6.94. The topological polar surface area (TPSA) is 120 Å². The molecule has 6 heterocycles. The largest absolute Gasteiger partial charge is 0.311 e. The molecule has 4 aromatic heterocycles. The van der Waals surface area contributed by atoms with Crippen LogP contribution in [0.1, 0.15) is 91.4 Å². The van der Waals surface area contributed by atoms with Crippen LogP contribution < -0.4 is 0 Å². The number of fused-ring (bicyclic) bond motifs is 6. The standard InChI is InChI=1S/C38H32BCl2N8O2S2/c1-17-19(3)52-37-31(17)33(23-7-11-25(40)12-8-23)42-27(35-46-44-21(5)48(35)37)15-29(50)39-30(51)16-28-36-47-45-22(6)49(36)38-32(18(2)20(4)53-38)34(43-28)24-9-13-26(41)14-10-24/h7-14,27-28H,15-16H2,1-6H3. The lowest BCUT2D eigenvalue weighted by Gasteiger charge is -2.14. The van der Waals surface area contributed by atoms with Crippen LogP contribution >= 0.6 is 45.9 Å². The van der Waals surface area contributed by atoms with Gasteiger partial charge in [-0.05, 0) is 76.9 Å². The number of aromatic nitrogens is 6. The number of carbonyl (C=O) groups is 2. The minimum absolute atomic E-state index is 0.0804. The van der Waals surface area contributed by atoms with Gasteiger partial charge in [-0.25, -0.2) is 0 Å². The van der Waals surface area contributed by atoms with Crippen LogP contribution in [0.25, 0.3) is 10.0 Å². The van der Waals surface area contributed by atoms with Crippen LogP contribution in [0.3, 0.4) is 0 Å². The Hall–Kier alpha value is -4.56. The fourth-order valence-corrected chi connectivity index (χ4v) is 9.62. The third-order valence-electron chi connectivity index (χ3n) is 9.83. The normalized spacial score (nSPS) is 16.1. The minimum Gasteiger partial charge on any atom is -0.311 e. The van der Waals surface area contributed by atoms with Crippen molar-refractivity contribution in [3.05, 3.63) is 125 Å². The van der Waals surface area contributed by atoms with Crippen molar-refractivity contribution in [2.45, 2.75) is 66.5 Å². The summed E-state index contributed by atoms with van der Waals surface area (Å²) in [4.78, 5) is 40.4. The van der Waals surface area contributed by atoms with E-state index < -0.39 is 12.1 Å². The van der Waals surface area contributed by atoms with Crippen LogP contribution in [0.15, 0.2) is 58.5 Å². The summed E-state index contributed by atoms with van der Waals surface area (Å²) in [5.41, 5.74) is 6.59. The fraction of sp³-hybridized carbons (Fsp3) is 0.263. The van der Waals surface area contributed by atoms with E-state index in [0.29, 0.717) is 33.3 Å².